The molecule has 0 fully saturated rings. The minimum atomic E-state index is -0.0900. The predicted octanol–water partition coefficient (Wildman–Crippen LogP) is 2.27. The van der Waals surface area contributed by atoms with E-state index in [0.717, 1.165) is 16.6 Å². The van der Waals surface area contributed by atoms with Crippen molar-refractivity contribution in [1.82, 2.24) is 14.5 Å². The fourth-order valence-corrected chi connectivity index (χ4v) is 3.09. The van der Waals surface area contributed by atoms with E-state index in [2.05, 4.69) is 4.98 Å². The lowest BCUT2D eigenvalue weighted by molar-refractivity contribution is 0.0708. The van der Waals surface area contributed by atoms with E-state index < -0.39 is 0 Å². The molecule has 1 N–H and O–H groups in total. The van der Waals surface area contributed by atoms with Crippen LogP contribution in [0.15, 0.2) is 41.4 Å². The number of carbonyl (C=O) groups excluding carboxylic acids is 1. The zero-order valence-corrected chi connectivity index (χ0v) is 13.1. The number of aliphatic hydroxyl groups is 1. The summed E-state index contributed by atoms with van der Waals surface area (Å²) < 4.78 is 1.92. The summed E-state index contributed by atoms with van der Waals surface area (Å²) in [7, 11) is 1.92. The summed E-state index contributed by atoms with van der Waals surface area (Å²) in [5.74, 6) is -0.0900. The van der Waals surface area contributed by atoms with Gasteiger partial charge < -0.3 is 14.6 Å². The maximum absolute atomic E-state index is 12.7. The molecule has 1 aromatic carbocycles. The van der Waals surface area contributed by atoms with Gasteiger partial charge in [0.2, 0.25) is 0 Å². The minimum absolute atomic E-state index is 0.0539. The largest absolute Gasteiger partial charge is 0.395 e. The van der Waals surface area contributed by atoms with Gasteiger partial charge >= 0.3 is 0 Å². The number of amides is 1. The van der Waals surface area contributed by atoms with Crippen LogP contribution in [0, 0.1) is 0 Å². The molecule has 0 radical (unpaired) electrons. The van der Waals surface area contributed by atoms with E-state index in [9.17, 15) is 9.90 Å². The van der Waals surface area contributed by atoms with E-state index in [0.29, 0.717) is 18.7 Å². The first-order valence-electron chi connectivity index (χ1n) is 7.01. The van der Waals surface area contributed by atoms with Gasteiger partial charge in [-0.25, -0.2) is 4.98 Å². The zero-order valence-electron chi connectivity index (χ0n) is 12.3. The van der Waals surface area contributed by atoms with Crippen molar-refractivity contribution in [2.75, 3.05) is 13.2 Å². The lowest BCUT2D eigenvalue weighted by Crippen LogP contribution is -2.32. The molecule has 0 saturated heterocycles. The molecule has 22 heavy (non-hydrogen) atoms. The van der Waals surface area contributed by atoms with Crippen LogP contribution in [0.4, 0.5) is 0 Å². The third kappa shape index (κ3) is 2.88. The first-order valence-corrected chi connectivity index (χ1v) is 7.95. The highest BCUT2D eigenvalue weighted by molar-refractivity contribution is 7.07. The molecular formula is C16H17N3O2S. The molecule has 0 aliphatic heterocycles. The second-order valence-electron chi connectivity index (χ2n) is 5.14. The Balaban J connectivity index is 1.87. The van der Waals surface area contributed by atoms with E-state index in [1.54, 1.807) is 28.6 Å². The van der Waals surface area contributed by atoms with Crippen LogP contribution in [0.3, 0.4) is 0 Å². The average Bonchev–Trinajstić information content (AvgIpc) is 3.16. The molecule has 0 bridgehead atoms. The average molecular weight is 315 g/mol. The van der Waals surface area contributed by atoms with Gasteiger partial charge in [0, 0.05) is 25.7 Å². The molecule has 5 nitrogen and oxygen atoms in total. The van der Waals surface area contributed by atoms with Crippen molar-refractivity contribution in [3.8, 4) is 0 Å². The van der Waals surface area contributed by atoms with Crippen molar-refractivity contribution in [3.63, 3.8) is 0 Å². The van der Waals surface area contributed by atoms with Gasteiger partial charge in [0.25, 0.3) is 5.91 Å². The Kier molecular flexibility index (Phi) is 4.22. The van der Waals surface area contributed by atoms with E-state index in [1.807, 2.05) is 40.6 Å². The van der Waals surface area contributed by atoms with Gasteiger partial charge in [0.1, 0.15) is 0 Å². The number of nitrogens with zero attached hydrogens (tertiary/aromatic N) is 3. The number of aryl methyl sites for hydroxylation is 1. The first-order chi connectivity index (χ1) is 10.7. The summed E-state index contributed by atoms with van der Waals surface area (Å²) in [6.45, 7) is 0.764. The lowest BCUT2D eigenvalue weighted by Gasteiger charge is -2.21. The van der Waals surface area contributed by atoms with Crippen molar-refractivity contribution < 1.29 is 9.90 Å². The molecule has 0 unspecified atom stereocenters. The number of aromatic nitrogens is 2. The van der Waals surface area contributed by atoms with Crippen LogP contribution in [-0.4, -0.2) is 38.6 Å². The topological polar surface area (TPSA) is 58.4 Å². The van der Waals surface area contributed by atoms with Gasteiger partial charge in [0.15, 0.2) is 0 Å². The summed E-state index contributed by atoms with van der Waals surface area (Å²) in [5.41, 5.74) is 3.46. The van der Waals surface area contributed by atoms with Crippen molar-refractivity contribution in [2.24, 2.45) is 7.05 Å². The number of aliphatic hydroxyl groups excluding tert-OH is 1. The number of benzene rings is 1. The number of carbonyl (C=O) groups is 1. The minimum Gasteiger partial charge on any atom is -0.395 e. The maximum Gasteiger partial charge on any atom is 0.254 e. The van der Waals surface area contributed by atoms with Gasteiger partial charge in [-0.2, -0.15) is 11.3 Å². The number of hydrogen-bond acceptors (Lipinski definition) is 4. The molecule has 114 valence electrons. The van der Waals surface area contributed by atoms with E-state index in [-0.39, 0.29) is 12.5 Å². The number of fused-ring (bicyclic) bond motifs is 1. The van der Waals surface area contributed by atoms with Crippen LogP contribution in [0.2, 0.25) is 0 Å². The standard InChI is InChI=1S/C16H17N3O2S/c1-18-11-17-14-8-13(2-3-15(14)18)16(21)19(5-6-20)9-12-4-7-22-10-12/h2-4,7-8,10-11,20H,5-6,9H2,1H3. The van der Waals surface area contributed by atoms with E-state index >= 15 is 0 Å². The van der Waals surface area contributed by atoms with Crippen molar-refractivity contribution in [1.29, 1.82) is 0 Å². The molecule has 2 aromatic heterocycles. The normalized spacial score (nSPS) is 11.0. The van der Waals surface area contributed by atoms with Crippen molar-refractivity contribution in [3.05, 3.63) is 52.5 Å². The highest BCUT2D eigenvalue weighted by Gasteiger charge is 2.17. The third-order valence-corrected chi connectivity index (χ3v) is 4.32. The number of rotatable bonds is 5. The van der Waals surface area contributed by atoms with Gasteiger partial charge in [-0.05, 0) is 40.6 Å². The first kappa shape index (κ1) is 14.7. The summed E-state index contributed by atoms with van der Waals surface area (Å²) in [5, 5.41) is 13.2. The maximum atomic E-state index is 12.7. The Bertz CT molecular complexity index is 780. The molecule has 3 rings (SSSR count). The smallest absolute Gasteiger partial charge is 0.254 e. The van der Waals surface area contributed by atoms with Crippen molar-refractivity contribution in [2.45, 2.75) is 6.54 Å². The summed E-state index contributed by atoms with van der Waals surface area (Å²) in [4.78, 5) is 18.6. The molecular weight excluding hydrogens is 298 g/mol. The highest BCUT2D eigenvalue weighted by Crippen LogP contribution is 2.17. The SMILES string of the molecule is Cn1cnc2cc(C(=O)N(CCO)Cc3ccsc3)ccc21. The fraction of sp³-hybridized carbons (Fsp3) is 0.250. The highest BCUT2D eigenvalue weighted by atomic mass is 32.1. The Labute approximate surface area is 132 Å². The van der Waals surface area contributed by atoms with Gasteiger partial charge in [-0.1, -0.05) is 0 Å². The molecule has 0 spiro atoms. The van der Waals surface area contributed by atoms with Crippen LogP contribution in [0.25, 0.3) is 11.0 Å². The van der Waals surface area contributed by atoms with E-state index in [4.69, 9.17) is 0 Å². The fourth-order valence-electron chi connectivity index (χ4n) is 2.43. The molecule has 1 amide bonds. The summed E-state index contributed by atoms with van der Waals surface area (Å²) in [6.07, 6.45) is 1.73. The molecule has 0 saturated carbocycles. The second-order valence-corrected chi connectivity index (χ2v) is 5.92. The van der Waals surface area contributed by atoms with Crippen LogP contribution in [0.1, 0.15) is 15.9 Å². The Morgan fingerprint density at radius 3 is 3.00 bits per heavy atom. The van der Waals surface area contributed by atoms with Gasteiger partial charge in [-0.3, -0.25) is 4.79 Å². The second kappa shape index (κ2) is 6.29. The molecule has 3 aromatic rings. The summed E-state index contributed by atoms with van der Waals surface area (Å²) in [6, 6.07) is 7.50. The Morgan fingerprint density at radius 2 is 2.27 bits per heavy atom. The third-order valence-electron chi connectivity index (χ3n) is 3.58. The van der Waals surface area contributed by atoms with Gasteiger partial charge in [-0.15, -0.1) is 0 Å². The lowest BCUT2D eigenvalue weighted by atomic mass is 10.1. The number of hydrogen-bond donors (Lipinski definition) is 1. The molecule has 2 heterocycles. The molecule has 0 aliphatic carbocycles. The summed E-state index contributed by atoms with van der Waals surface area (Å²) >= 11 is 1.60. The molecule has 0 aliphatic rings. The van der Waals surface area contributed by atoms with Crippen LogP contribution in [0.5, 0.6) is 0 Å². The number of thiophene rings is 1. The zero-order chi connectivity index (χ0) is 15.5. The van der Waals surface area contributed by atoms with Crippen LogP contribution in [-0.2, 0) is 13.6 Å². The Morgan fingerprint density at radius 1 is 1.41 bits per heavy atom. The van der Waals surface area contributed by atoms with Gasteiger partial charge in [0.05, 0.1) is 24.0 Å². The monoisotopic (exact) mass is 315 g/mol. The quantitative estimate of drug-likeness (QED) is 0.786. The number of imidazole rings is 1. The molecule has 6 heteroatoms. The van der Waals surface area contributed by atoms with Crippen LogP contribution >= 0.6 is 11.3 Å². The molecule has 0 atom stereocenters. The van der Waals surface area contributed by atoms with Crippen molar-refractivity contribution >= 4 is 28.3 Å². The van der Waals surface area contributed by atoms with E-state index in [1.165, 1.54) is 0 Å². The Hall–Kier alpha value is -2.18. The van der Waals surface area contributed by atoms with Crippen LogP contribution < -0.4 is 0 Å². The predicted molar refractivity (Wildman–Crippen MR) is 86.9 cm³/mol.